The molecule has 1 aromatic heterocycles. The summed E-state index contributed by atoms with van der Waals surface area (Å²) >= 11 is 0. The molecule has 0 unspecified atom stereocenters. The molecule has 2 heterocycles. The molecule has 0 saturated carbocycles. The van der Waals surface area contributed by atoms with Gasteiger partial charge >= 0.3 is 5.97 Å². The third-order valence-corrected chi connectivity index (χ3v) is 4.87. The number of carbonyl (C=O) groups is 2. The van der Waals surface area contributed by atoms with Crippen molar-refractivity contribution in [3.63, 3.8) is 0 Å². The molecule has 1 amide bonds. The summed E-state index contributed by atoms with van der Waals surface area (Å²) in [6, 6.07) is 14.1. The smallest absolute Gasteiger partial charge is 0.340 e. The monoisotopic (exact) mass is 434 g/mol. The van der Waals surface area contributed by atoms with Gasteiger partial charge in [0.05, 0.1) is 24.0 Å². The predicted molar refractivity (Wildman–Crippen MR) is 118 cm³/mol. The summed E-state index contributed by atoms with van der Waals surface area (Å²) in [5, 5.41) is 3.02. The van der Waals surface area contributed by atoms with Gasteiger partial charge in [-0.3, -0.25) is 4.79 Å². The van der Waals surface area contributed by atoms with E-state index in [0.717, 1.165) is 6.42 Å². The summed E-state index contributed by atoms with van der Waals surface area (Å²) in [7, 11) is 1.56. The lowest BCUT2D eigenvalue weighted by Crippen LogP contribution is -2.26. The van der Waals surface area contributed by atoms with Gasteiger partial charge in [-0.15, -0.1) is 0 Å². The van der Waals surface area contributed by atoms with E-state index in [9.17, 15) is 9.59 Å². The molecule has 10 nitrogen and oxygen atoms in total. The van der Waals surface area contributed by atoms with Crippen LogP contribution in [-0.4, -0.2) is 40.5 Å². The number of amides is 1. The van der Waals surface area contributed by atoms with Crippen LogP contribution < -0.4 is 20.7 Å². The molecule has 32 heavy (non-hydrogen) atoms. The zero-order valence-electron chi connectivity index (χ0n) is 17.4. The number of ether oxygens (including phenoxy) is 2. The molecule has 10 heteroatoms. The predicted octanol–water partition coefficient (Wildman–Crippen LogP) is 2.69. The van der Waals surface area contributed by atoms with E-state index in [2.05, 4.69) is 20.3 Å². The molecule has 3 aromatic rings. The van der Waals surface area contributed by atoms with E-state index in [-0.39, 0.29) is 30.2 Å². The van der Waals surface area contributed by atoms with Crippen LogP contribution in [0.25, 0.3) is 0 Å². The number of hydrogen-bond acceptors (Lipinski definition) is 9. The Morgan fingerprint density at radius 3 is 2.69 bits per heavy atom. The van der Waals surface area contributed by atoms with Crippen LogP contribution in [0.2, 0.25) is 0 Å². The van der Waals surface area contributed by atoms with Crippen LogP contribution in [0.3, 0.4) is 0 Å². The number of nitrogens with two attached hydrogens (primary N) is 1. The number of esters is 1. The number of hydrogen-bond donors (Lipinski definition) is 2. The van der Waals surface area contributed by atoms with Gasteiger partial charge in [0.1, 0.15) is 5.75 Å². The maximum Gasteiger partial charge on any atom is 0.340 e. The average molecular weight is 434 g/mol. The Hall–Kier alpha value is -4.21. The first-order chi connectivity index (χ1) is 15.5. The minimum Gasteiger partial charge on any atom is -0.495 e. The molecule has 1 aliphatic heterocycles. The second-order valence-electron chi connectivity index (χ2n) is 7.00. The van der Waals surface area contributed by atoms with E-state index in [1.165, 1.54) is 0 Å². The molecule has 0 radical (unpaired) electrons. The Morgan fingerprint density at radius 2 is 1.91 bits per heavy atom. The zero-order valence-corrected chi connectivity index (χ0v) is 17.4. The van der Waals surface area contributed by atoms with Gasteiger partial charge in [0.15, 0.2) is 12.4 Å². The first-order valence-electron chi connectivity index (χ1n) is 10.0. The number of nitrogen functional groups attached to an aromatic ring is 1. The minimum atomic E-state index is -0.585. The third-order valence-electron chi connectivity index (χ3n) is 4.87. The number of benzene rings is 2. The normalized spacial score (nSPS) is 13.2. The Kier molecular flexibility index (Phi) is 6.11. The van der Waals surface area contributed by atoms with E-state index >= 15 is 0 Å². The van der Waals surface area contributed by atoms with Crippen molar-refractivity contribution >= 4 is 35.1 Å². The SMILES string of the molecule is COc1ccccc1Nc1nc(N)nc(COC(=O)c2ccccc2N2CCCC2=O)n1. The number of methoxy groups -OCH3 is 1. The van der Waals surface area contributed by atoms with E-state index in [1.54, 1.807) is 48.4 Å². The Morgan fingerprint density at radius 1 is 1.12 bits per heavy atom. The highest BCUT2D eigenvalue weighted by atomic mass is 16.5. The summed E-state index contributed by atoms with van der Waals surface area (Å²) < 4.78 is 10.7. The van der Waals surface area contributed by atoms with Crippen LogP contribution in [0, 0.1) is 0 Å². The molecule has 0 aliphatic carbocycles. The minimum absolute atomic E-state index is 0.0115. The molecular weight excluding hydrogens is 412 g/mol. The van der Waals surface area contributed by atoms with Crippen LogP contribution in [0.1, 0.15) is 29.0 Å². The molecule has 1 aliphatic rings. The lowest BCUT2D eigenvalue weighted by atomic mass is 10.1. The molecule has 1 fully saturated rings. The highest BCUT2D eigenvalue weighted by Crippen LogP contribution is 2.27. The second-order valence-corrected chi connectivity index (χ2v) is 7.00. The first kappa shape index (κ1) is 21.0. The Labute approximate surface area is 184 Å². The third kappa shape index (κ3) is 4.59. The van der Waals surface area contributed by atoms with Crippen molar-refractivity contribution in [2.45, 2.75) is 19.4 Å². The summed E-state index contributed by atoms with van der Waals surface area (Å²) in [6.45, 7) is 0.361. The lowest BCUT2D eigenvalue weighted by Gasteiger charge is -2.18. The highest BCUT2D eigenvalue weighted by molar-refractivity contribution is 6.03. The molecule has 1 saturated heterocycles. The van der Waals surface area contributed by atoms with Crippen molar-refractivity contribution in [1.29, 1.82) is 0 Å². The van der Waals surface area contributed by atoms with Gasteiger partial charge in [0.25, 0.3) is 0 Å². The van der Waals surface area contributed by atoms with Gasteiger partial charge in [0, 0.05) is 13.0 Å². The van der Waals surface area contributed by atoms with Crippen molar-refractivity contribution in [1.82, 2.24) is 15.0 Å². The van der Waals surface area contributed by atoms with Gasteiger partial charge in [-0.25, -0.2) is 4.79 Å². The maximum absolute atomic E-state index is 12.8. The molecular formula is C22H22N6O4. The van der Waals surface area contributed by atoms with Crippen molar-refractivity contribution in [3.05, 3.63) is 59.9 Å². The molecule has 3 N–H and O–H groups in total. The molecule has 0 bridgehead atoms. The number of nitrogens with zero attached hydrogens (tertiary/aromatic N) is 4. The van der Waals surface area contributed by atoms with Gasteiger partial charge in [-0.05, 0) is 30.7 Å². The number of carbonyl (C=O) groups excluding carboxylic acids is 2. The van der Waals surface area contributed by atoms with Crippen LogP contribution in [-0.2, 0) is 16.1 Å². The number of rotatable bonds is 7. The quantitative estimate of drug-likeness (QED) is 0.538. The number of para-hydroxylation sites is 3. The molecule has 2 aromatic carbocycles. The number of nitrogens with one attached hydrogen (secondary N) is 1. The van der Waals surface area contributed by atoms with E-state index in [1.807, 2.05) is 12.1 Å². The van der Waals surface area contributed by atoms with Crippen LogP contribution in [0.15, 0.2) is 48.5 Å². The summed E-state index contributed by atoms with van der Waals surface area (Å²) in [6.07, 6.45) is 1.23. The van der Waals surface area contributed by atoms with Gasteiger partial charge < -0.3 is 25.4 Å². The van der Waals surface area contributed by atoms with Crippen molar-refractivity contribution < 1.29 is 19.1 Å². The lowest BCUT2D eigenvalue weighted by molar-refractivity contribution is -0.117. The summed E-state index contributed by atoms with van der Waals surface area (Å²) in [4.78, 5) is 38.9. The van der Waals surface area contributed by atoms with Crippen LogP contribution >= 0.6 is 0 Å². The fourth-order valence-electron chi connectivity index (χ4n) is 3.42. The largest absolute Gasteiger partial charge is 0.495 e. The molecule has 4 rings (SSSR count). The second kappa shape index (κ2) is 9.29. The van der Waals surface area contributed by atoms with Crippen molar-refractivity contribution in [2.75, 3.05) is 29.6 Å². The molecule has 164 valence electrons. The highest BCUT2D eigenvalue weighted by Gasteiger charge is 2.26. The van der Waals surface area contributed by atoms with Crippen molar-refractivity contribution in [3.8, 4) is 5.75 Å². The standard InChI is InChI=1S/C22H22N6O4/c1-31-17-10-5-3-8-15(17)24-22-26-18(25-21(23)27-22)13-32-20(30)14-7-2-4-9-16(14)28-12-6-11-19(28)29/h2-5,7-10H,6,11-13H2,1H3,(H3,23,24,25,26,27). The Bertz CT molecular complexity index is 1150. The first-order valence-corrected chi connectivity index (χ1v) is 10.0. The van der Waals surface area contributed by atoms with Crippen LogP contribution in [0.4, 0.5) is 23.3 Å². The van der Waals surface area contributed by atoms with Crippen molar-refractivity contribution in [2.24, 2.45) is 0 Å². The maximum atomic E-state index is 12.8. The number of aromatic nitrogens is 3. The average Bonchev–Trinajstić information content (AvgIpc) is 3.23. The number of anilines is 4. The van der Waals surface area contributed by atoms with E-state index in [4.69, 9.17) is 15.2 Å². The summed E-state index contributed by atoms with van der Waals surface area (Å²) in [5.74, 6) is 0.356. The van der Waals surface area contributed by atoms with Gasteiger partial charge in [-0.2, -0.15) is 15.0 Å². The fourth-order valence-corrected chi connectivity index (χ4v) is 3.42. The van der Waals surface area contributed by atoms with E-state index < -0.39 is 5.97 Å². The van der Waals surface area contributed by atoms with Crippen LogP contribution in [0.5, 0.6) is 5.75 Å². The summed E-state index contributed by atoms with van der Waals surface area (Å²) in [5.41, 5.74) is 7.29. The fraction of sp³-hybridized carbons (Fsp3) is 0.227. The molecule has 0 atom stereocenters. The molecule has 0 spiro atoms. The topological polar surface area (TPSA) is 133 Å². The van der Waals surface area contributed by atoms with E-state index in [0.29, 0.717) is 35.7 Å². The van der Waals surface area contributed by atoms with Gasteiger partial charge in [0.2, 0.25) is 17.8 Å². The zero-order chi connectivity index (χ0) is 22.5. The van der Waals surface area contributed by atoms with Gasteiger partial charge in [-0.1, -0.05) is 24.3 Å². The Balaban J connectivity index is 1.49.